The number of amides is 1. The van der Waals surface area contributed by atoms with Crippen LogP contribution in [0.2, 0.25) is 0 Å². The number of benzene rings is 2. The predicted octanol–water partition coefficient (Wildman–Crippen LogP) is 3.58. The lowest BCUT2D eigenvalue weighted by Gasteiger charge is -2.06. The van der Waals surface area contributed by atoms with Crippen molar-refractivity contribution in [3.05, 3.63) is 76.8 Å². The molecule has 0 radical (unpaired) electrons. The number of rotatable bonds is 4. The third kappa shape index (κ3) is 4.00. The van der Waals surface area contributed by atoms with E-state index in [1.54, 1.807) is 35.3 Å². The highest BCUT2D eigenvalue weighted by Gasteiger charge is 2.11. The fourth-order valence-electron chi connectivity index (χ4n) is 2.13. The molecule has 0 aliphatic heterocycles. The molecule has 122 valence electrons. The first kappa shape index (κ1) is 16.6. The van der Waals surface area contributed by atoms with Crippen LogP contribution in [0.15, 0.2) is 71.2 Å². The second kappa shape index (κ2) is 7.55. The Balaban J connectivity index is 1.79. The van der Waals surface area contributed by atoms with E-state index in [9.17, 15) is 10.1 Å². The van der Waals surface area contributed by atoms with E-state index in [2.05, 4.69) is 31.3 Å². The topological polar surface area (TPSA) is 83.6 Å². The van der Waals surface area contributed by atoms with E-state index < -0.39 is 5.91 Å². The Hall–Kier alpha value is -3.24. The number of hydrogen-bond acceptors (Lipinski definition) is 4. The molecular weight excluding hydrogens is 382 g/mol. The molecule has 0 atom stereocenters. The summed E-state index contributed by atoms with van der Waals surface area (Å²) >= 11 is 3.36. The van der Waals surface area contributed by atoms with Crippen LogP contribution < -0.4 is 5.32 Å². The summed E-state index contributed by atoms with van der Waals surface area (Å²) in [6, 6.07) is 16.4. The lowest BCUT2D eigenvalue weighted by Crippen LogP contribution is -2.13. The molecule has 1 heterocycles. The average molecular weight is 394 g/mol. The first-order valence-corrected chi connectivity index (χ1v) is 8.09. The summed E-state index contributed by atoms with van der Waals surface area (Å²) in [5.74, 6) is -0.463. The van der Waals surface area contributed by atoms with Gasteiger partial charge >= 0.3 is 0 Å². The molecular formula is C18H12BrN5O. The maximum Gasteiger partial charge on any atom is 0.266 e. The van der Waals surface area contributed by atoms with Crippen molar-refractivity contribution in [3.63, 3.8) is 0 Å². The standard InChI is InChI=1S/C18H12BrN5O/c19-16-3-1-2-4-17(16)23-18(25)14(10-20)9-13-5-7-15(8-6-13)24-12-21-11-22-24/h1-9,11-12H,(H,23,25)/b14-9+. The first-order valence-electron chi connectivity index (χ1n) is 7.30. The fraction of sp³-hybridized carbons (Fsp3) is 0. The van der Waals surface area contributed by atoms with Crippen LogP contribution in [-0.2, 0) is 4.79 Å². The lowest BCUT2D eigenvalue weighted by atomic mass is 10.1. The SMILES string of the molecule is N#C/C(=C\c1ccc(-n2cncn2)cc1)C(=O)Nc1ccccc1Br. The number of halogens is 1. The van der Waals surface area contributed by atoms with Crippen molar-refractivity contribution in [1.82, 2.24) is 14.8 Å². The van der Waals surface area contributed by atoms with Gasteiger partial charge in [-0.3, -0.25) is 4.79 Å². The molecule has 0 bridgehead atoms. The van der Waals surface area contributed by atoms with Gasteiger partial charge in [0.1, 0.15) is 24.3 Å². The Labute approximate surface area is 152 Å². The van der Waals surface area contributed by atoms with Crippen LogP contribution >= 0.6 is 15.9 Å². The molecule has 1 N–H and O–H groups in total. The number of carbonyl (C=O) groups is 1. The average Bonchev–Trinajstić information content (AvgIpc) is 3.16. The number of hydrogen-bond donors (Lipinski definition) is 1. The molecule has 6 nitrogen and oxygen atoms in total. The van der Waals surface area contributed by atoms with Crippen molar-refractivity contribution in [3.8, 4) is 11.8 Å². The largest absolute Gasteiger partial charge is 0.320 e. The van der Waals surface area contributed by atoms with E-state index in [-0.39, 0.29) is 5.57 Å². The van der Waals surface area contributed by atoms with Gasteiger partial charge < -0.3 is 5.32 Å². The Morgan fingerprint density at radius 2 is 1.96 bits per heavy atom. The highest BCUT2D eigenvalue weighted by Crippen LogP contribution is 2.22. The number of aromatic nitrogens is 3. The summed E-state index contributed by atoms with van der Waals surface area (Å²) in [5.41, 5.74) is 2.20. The molecule has 0 aliphatic carbocycles. The lowest BCUT2D eigenvalue weighted by molar-refractivity contribution is -0.112. The van der Waals surface area contributed by atoms with Crippen molar-refractivity contribution in [2.24, 2.45) is 0 Å². The van der Waals surface area contributed by atoms with E-state index >= 15 is 0 Å². The van der Waals surface area contributed by atoms with Gasteiger partial charge in [-0.15, -0.1) is 0 Å². The molecule has 0 spiro atoms. The van der Waals surface area contributed by atoms with Gasteiger partial charge in [-0.05, 0) is 51.8 Å². The molecule has 7 heteroatoms. The zero-order chi connectivity index (χ0) is 17.6. The van der Waals surface area contributed by atoms with Gasteiger partial charge in [0.2, 0.25) is 0 Å². The highest BCUT2D eigenvalue weighted by molar-refractivity contribution is 9.10. The zero-order valence-corrected chi connectivity index (χ0v) is 14.5. The summed E-state index contributed by atoms with van der Waals surface area (Å²) < 4.78 is 2.37. The zero-order valence-electron chi connectivity index (χ0n) is 12.9. The summed E-state index contributed by atoms with van der Waals surface area (Å²) in [5, 5.41) is 16.1. The number of nitriles is 1. The molecule has 2 aromatic carbocycles. The van der Waals surface area contributed by atoms with E-state index in [0.29, 0.717) is 5.69 Å². The molecule has 0 saturated heterocycles. The summed E-state index contributed by atoms with van der Waals surface area (Å²) in [7, 11) is 0. The molecule has 1 amide bonds. The molecule has 25 heavy (non-hydrogen) atoms. The second-order valence-electron chi connectivity index (χ2n) is 5.04. The highest BCUT2D eigenvalue weighted by atomic mass is 79.9. The minimum absolute atomic E-state index is 0.0178. The maximum absolute atomic E-state index is 12.3. The number of anilines is 1. The van der Waals surface area contributed by atoms with Crippen LogP contribution in [0.4, 0.5) is 5.69 Å². The minimum atomic E-state index is -0.463. The Morgan fingerprint density at radius 1 is 1.20 bits per heavy atom. The third-order valence-corrected chi connectivity index (χ3v) is 4.07. The molecule has 3 rings (SSSR count). The molecule has 0 unspecified atom stereocenters. The predicted molar refractivity (Wildman–Crippen MR) is 97.7 cm³/mol. The van der Waals surface area contributed by atoms with Crippen LogP contribution in [0, 0.1) is 11.3 Å². The molecule has 0 saturated carbocycles. The van der Waals surface area contributed by atoms with Gasteiger partial charge in [-0.2, -0.15) is 10.4 Å². The molecule has 0 fully saturated rings. The number of nitrogens with one attached hydrogen (secondary N) is 1. The van der Waals surface area contributed by atoms with Crippen LogP contribution in [0.1, 0.15) is 5.56 Å². The molecule has 1 aromatic heterocycles. The summed E-state index contributed by atoms with van der Waals surface area (Å²) in [4.78, 5) is 16.2. The van der Waals surface area contributed by atoms with Gasteiger partial charge in [0.25, 0.3) is 5.91 Å². The van der Waals surface area contributed by atoms with Gasteiger partial charge in [0.15, 0.2) is 0 Å². The normalized spacial score (nSPS) is 11.0. The molecule has 3 aromatic rings. The van der Waals surface area contributed by atoms with Crippen molar-refractivity contribution in [2.45, 2.75) is 0 Å². The number of nitrogens with zero attached hydrogens (tertiary/aromatic N) is 4. The fourth-order valence-corrected chi connectivity index (χ4v) is 2.52. The quantitative estimate of drug-likeness (QED) is 0.542. The number of carbonyl (C=O) groups excluding carboxylic acids is 1. The van der Waals surface area contributed by atoms with Crippen molar-refractivity contribution in [1.29, 1.82) is 5.26 Å². The van der Waals surface area contributed by atoms with E-state index in [0.717, 1.165) is 15.7 Å². The smallest absolute Gasteiger partial charge is 0.266 e. The molecule has 0 aliphatic rings. The Morgan fingerprint density at radius 3 is 2.60 bits per heavy atom. The van der Waals surface area contributed by atoms with Crippen LogP contribution in [0.3, 0.4) is 0 Å². The van der Waals surface area contributed by atoms with Gasteiger partial charge in [0, 0.05) is 4.47 Å². The number of para-hydroxylation sites is 1. The van der Waals surface area contributed by atoms with Crippen LogP contribution in [0.25, 0.3) is 11.8 Å². The van der Waals surface area contributed by atoms with Crippen molar-refractivity contribution >= 4 is 33.6 Å². The Bertz CT molecular complexity index is 956. The minimum Gasteiger partial charge on any atom is -0.320 e. The Kier molecular flexibility index (Phi) is 5.02. The third-order valence-electron chi connectivity index (χ3n) is 3.37. The summed E-state index contributed by atoms with van der Waals surface area (Å²) in [6.45, 7) is 0. The van der Waals surface area contributed by atoms with E-state index in [1.807, 2.05) is 30.3 Å². The van der Waals surface area contributed by atoms with Gasteiger partial charge in [0.05, 0.1) is 11.4 Å². The van der Waals surface area contributed by atoms with Crippen molar-refractivity contribution < 1.29 is 4.79 Å². The van der Waals surface area contributed by atoms with E-state index in [1.165, 1.54) is 12.4 Å². The van der Waals surface area contributed by atoms with E-state index in [4.69, 9.17) is 0 Å². The van der Waals surface area contributed by atoms with Gasteiger partial charge in [-0.25, -0.2) is 9.67 Å². The van der Waals surface area contributed by atoms with Crippen LogP contribution in [0.5, 0.6) is 0 Å². The first-order chi connectivity index (χ1) is 12.2. The van der Waals surface area contributed by atoms with Crippen molar-refractivity contribution in [2.75, 3.05) is 5.32 Å². The second-order valence-corrected chi connectivity index (χ2v) is 5.89. The van der Waals surface area contributed by atoms with Gasteiger partial charge in [-0.1, -0.05) is 24.3 Å². The maximum atomic E-state index is 12.3. The monoisotopic (exact) mass is 393 g/mol. The summed E-state index contributed by atoms with van der Waals surface area (Å²) in [6.07, 6.45) is 4.58. The van der Waals surface area contributed by atoms with Crippen LogP contribution in [-0.4, -0.2) is 20.7 Å².